The number of amides is 1. The first-order valence-corrected chi connectivity index (χ1v) is 7.12. The molecule has 5 heteroatoms. The fraction of sp³-hybridized carbons (Fsp3) is 0.111. The molecule has 0 aliphatic carbocycles. The van der Waals surface area contributed by atoms with Crippen molar-refractivity contribution in [3.63, 3.8) is 0 Å². The second-order valence-electron chi connectivity index (χ2n) is 4.97. The van der Waals surface area contributed by atoms with Gasteiger partial charge in [0.25, 0.3) is 5.91 Å². The highest BCUT2D eigenvalue weighted by Crippen LogP contribution is 2.15. The fourth-order valence-corrected chi connectivity index (χ4v) is 1.96. The van der Waals surface area contributed by atoms with Crippen LogP contribution in [-0.4, -0.2) is 11.0 Å². The molecule has 23 heavy (non-hydrogen) atoms. The van der Waals surface area contributed by atoms with Gasteiger partial charge < -0.3 is 15.7 Å². The van der Waals surface area contributed by atoms with Crippen LogP contribution in [0.1, 0.15) is 18.5 Å². The summed E-state index contributed by atoms with van der Waals surface area (Å²) in [4.78, 5) is 12.2. The zero-order valence-electron chi connectivity index (χ0n) is 12.7. The van der Waals surface area contributed by atoms with Crippen molar-refractivity contribution < 1.29 is 9.90 Å². The van der Waals surface area contributed by atoms with Crippen molar-refractivity contribution in [2.24, 2.45) is 0 Å². The summed E-state index contributed by atoms with van der Waals surface area (Å²) in [6.07, 6.45) is 1.35. The number of nitrogens with one attached hydrogen (secondary N) is 2. The second kappa shape index (κ2) is 7.66. The summed E-state index contributed by atoms with van der Waals surface area (Å²) in [5.41, 5.74) is 1.60. The molecule has 0 bridgehead atoms. The van der Waals surface area contributed by atoms with E-state index in [4.69, 9.17) is 5.26 Å². The second-order valence-corrected chi connectivity index (χ2v) is 4.97. The van der Waals surface area contributed by atoms with E-state index < -0.39 is 5.91 Å². The number of hydrogen-bond donors (Lipinski definition) is 3. The number of phenols is 1. The topological polar surface area (TPSA) is 85.2 Å². The summed E-state index contributed by atoms with van der Waals surface area (Å²) >= 11 is 0. The van der Waals surface area contributed by atoms with Crippen LogP contribution in [0.3, 0.4) is 0 Å². The Morgan fingerprint density at radius 3 is 2.43 bits per heavy atom. The standard InChI is InChI=1S/C18H17N3O2/c1-13(14-5-3-2-4-6-14)21-18(23)15(11-19)12-20-16-7-9-17(22)10-8-16/h2-10,12-13,20,22H,1H3,(H,21,23)/b15-12-. The molecule has 0 aliphatic heterocycles. The molecule has 0 aliphatic rings. The highest BCUT2D eigenvalue weighted by atomic mass is 16.3. The third kappa shape index (κ3) is 4.61. The summed E-state index contributed by atoms with van der Waals surface area (Å²) in [5.74, 6) is -0.301. The van der Waals surface area contributed by atoms with Crippen molar-refractivity contribution in [1.29, 1.82) is 5.26 Å². The Kier molecular flexibility index (Phi) is 5.37. The zero-order valence-corrected chi connectivity index (χ0v) is 12.7. The Bertz CT molecular complexity index is 731. The molecule has 2 rings (SSSR count). The van der Waals surface area contributed by atoms with Crippen LogP contribution in [0.4, 0.5) is 5.69 Å². The number of benzene rings is 2. The molecule has 3 N–H and O–H groups in total. The quantitative estimate of drug-likeness (QED) is 0.450. The van der Waals surface area contributed by atoms with Crippen molar-refractivity contribution in [3.05, 3.63) is 71.9 Å². The van der Waals surface area contributed by atoms with Gasteiger partial charge in [-0.3, -0.25) is 4.79 Å². The van der Waals surface area contributed by atoms with E-state index in [0.29, 0.717) is 5.69 Å². The van der Waals surface area contributed by atoms with Crippen LogP contribution >= 0.6 is 0 Å². The van der Waals surface area contributed by atoms with Gasteiger partial charge in [0.1, 0.15) is 17.4 Å². The van der Waals surface area contributed by atoms with Crippen molar-refractivity contribution in [2.45, 2.75) is 13.0 Å². The van der Waals surface area contributed by atoms with Crippen molar-refractivity contribution in [3.8, 4) is 11.8 Å². The highest BCUT2D eigenvalue weighted by molar-refractivity contribution is 5.97. The van der Waals surface area contributed by atoms with Crippen LogP contribution in [-0.2, 0) is 4.79 Å². The van der Waals surface area contributed by atoms with E-state index in [1.54, 1.807) is 12.1 Å². The number of carbonyl (C=O) groups is 1. The largest absolute Gasteiger partial charge is 0.508 e. The SMILES string of the molecule is CC(NC(=O)/C(C#N)=C\Nc1ccc(O)cc1)c1ccccc1. The predicted octanol–water partition coefficient (Wildman–Crippen LogP) is 3.09. The van der Waals surface area contributed by atoms with Gasteiger partial charge in [-0.1, -0.05) is 30.3 Å². The van der Waals surface area contributed by atoms with Crippen molar-refractivity contribution in [1.82, 2.24) is 5.32 Å². The van der Waals surface area contributed by atoms with E-state index in [1.807, 2.05) is 43.3 Å². The number of phenolic OH excluding ortho intramolecular Hbond substituents is 1. The molecule has 0 heterocycles. The molecular weight excluding hydrogens is 290 g/mol. The number of hydrogen-bond acceptors (Lipinski definition) is 4. The number of aromatic hydroxyl groups is 1. The summed E-state index contributed by atoms with van der Waals surface area (Å²) in [5, 5.41) is 24.0. The molecule has 0 saturated heterocycles. The van der Waals surface area contributed by atoms with E-state index in [-0.39, 0.29) is 17.4 Å². The molecule has 1 unspecified atom stereocenters. The number of carbonyl (C=O) groups excluding carboxylic acids is 1. The van der Waals surface area contributed by atoms with E-state index in [2.05, 4.69) is 10.6 Å². The lowest BCUT2D eigenvalue weighted by molar-refractivity contribution is -0.117. The molecule has 116 valence electrons. The molecule has 0 saturated carbocycles. The number of rotatable bonds is 5. The molecular formula is C18H17N3O2. The van der Waals surface area contributed by atoms with Gasteiger partial charge in [-0.25, -0.2) is 0 Å². The monoisotopic (exact) mass is 307 g/mol. The minimum absolute atomic E-state index is 0.0270. The third-order valence-electron chi connectivity index (χ3n) is 3.26. The summed E-state index contributed by atoms with van der Waals surface area (Å²) in [6.45, 7) is 1.86. The molecule has 2 aromatic carbocycles. The molecule has 2 aromatic rings. The maximum absolute atomic E-state index is 12.2. The van der Waals surface area contributed by atoms with Gasteiger partial charge in [0, 0.05) is 11.9 Å². The molecule has 0 spiro atoms. The Hall–Kier alpha value is -3.26. The Labute approximate surface area is 134 Å². The molecule has 0 fully saturated rings. The predicted molar refractivity (Wildman–Crippen MR) is 88.4 cm³/mol. The highest BCUT2D eigenvalue weighted by Gasteiger charge is 2.13. The first-order valence-electron chi connectivity index (χ1n) is 7.12. The molecule has 1 amide bonds. The maximum atomic E-state index is 12.2. The first kappa shape index (κ1) is 16.1. The maximum Gasteiger partial charge on any atom is 0.263 e. The van der Waals surface area contributed by atoms with Crippen molar-refractivity contribution in [2.75, 3.05) is 5.32 Å². The molecule has 1 atom stereocenters. The summed E-state index contributed by atoms with van der Waals surface area (Å²) in [7, 11) is 0. The van der Waals surface area contributed by atoms with Crippen LogP contribution in [0.5, 0.6) is 5.75 Å². The van der Waals surface area contributed by atoms with Gasteiger partial charge in [-0.2, -0.15) is 5.26 Å². The fourth-order valence-electron chi connectivity index (χ4n) is 1.96. The lowest BCUT2D eigenvalue weighted by Crippen LogP contribution is -2.28. The van der Waals surface area contributed by atoms with Crippen LogP contribution in [0, 0.1) is 11.3 Å². The summed E-state index contributed by atoms with van der Waals surface area (Å²) in [6, 6.07) is 17.5. The smallest absolute Gasteiger partial charge is 0.263 e. The normalized spacial score (nSPS) is 12.1. The molecule has 0 aromatic heterocycles. The lowest BCUT2D eigenvalue weighted by atomic mass is 10.1. The molecule has 5 nitrogen and oxygen atoms in total. The Morgan fingerprint density at radius 1 is 1.17 bits per heavy atom. The van der Waals surface area contributed by atoms with E-state index in [1.165, 1.54) is 18.3 Å². The first-order chi connectivity index (χ1) is 11.1. The van der Waals surface area contributed by atoms with Gasteiger partial charge in [0.2, 0.25) is 0 Å². The van der Waals surface area contributed by atoms with Crippen LogP contribution in [0.2, 0.25) is 0 Å². The lowest BCUT2D eigenvalue weighted by Gasteiger charge is -2.13. The zero-order chi connectivity index (χ0) is 16.7. The molecule has 0 radical (unpaired) electrons. The van der Waals surface area contributed by atoms with Crippen molar-refractivity contribution >= 4 is 11.6 Å². The van der Waals surface area contributed by atoms with Gasteiger partial charge >= 0.3 is 0 Å². The number of anilines is 1. The van der Waals surface area contributed by atoms with E-state index in [0.717, 1.165) is 5.56 Å². The van der Waals surface area contributed by atoms with Gasteiger partial charge in [-0.15, -0.1) is 0 Å². The Balaban J connectivity index is 2.02. The minimum atomic E-state index is -0.449. The Morgan fingerprint density at radius 2 is 1.83 bits per heavy atom. The van der Waals surface area contributed by atoms with Crippen LogP contribution in [0.15, 0.2) is 66.4 Å². The van der Waals surface area contributed by atoms with Crippen LogP contribution in [0.25, 0.3) is 0 Å². The average Bonchev–Trinajstić information content (AvgIpc) is 2.58. The number of nitriles is 1. The van der Waals surface area contributed by atoms with E-state index >= 15 is 0 Å². The average molecular weight is 307 g/mol. The van der Waals surface area contributed by atoms with Gasteiger partial charge in [0.15, 0.2) is 0 Å². The number of nitrogens with zero attached hydrogens (tertiary/aromatic N) is 1. The summed E-state index contributed by atoms with van der Waals surface area (Å²) < 4.78 is 0. The van der Waals surface area contributed by atoms with Crippen LogP contribution < -0.4 is 10.6 Å². The third-order valence-corrected chi connectivity index (χ3v) is 3.26. The van der Waals surface area contributed by atoms with Gasteiger partial charge in [-0.05, 0) is 36.8 Å². The minimum Gasteiger partial charge on any atom is -0.508 e. The van der Waals surface area contributed by atoms with Gasteiger partial charge in [0.05, 0.1) is 6.04 Å². The van der Waals surface area contributed by atoms with E-state index in [9.17, 15) is 9.90 Å².